The number of nitrogens with two attached hydrogens (primary N) is 1. The molecule has 0 atom stereocenters. The fourth-order valence-corrected chi connectivity index (χ4v) is 2.73. The lowest BCUT2D eigenvalue weighted by Gasteiger charge is -2.36. The maximum atomic E-state index is 5.74. The first-order chi connectivity index (χ1) is 7.70. The molecule has 1 heterocycles. The number of piperazine rings is 1. The maximum absolute atomic E-state index is 5.74. The summed E-state index contributed by atoms with van der Waals surface area (Å²) in [6.45, 7) is 7.85. The molecular formula is C12H18BrN3. The molecule has 0 amide bonds. The average Bonchev–Trinajstić information content (AvgIpc) is 2.29. The van der Waals surface area contributed by atoms with Gasteiger partial charge in [0.1, 0.15) is 0 Å². The normalized spacial score (nSPS) is 17.8. The van der Waals surface area contributed by atoms with Gasteiger partial charge >= 0.3 is 0 Å². The van der Waals surface area contributed by atoms with Crippen molar-refractivity contribution in [2.24, 2.45) is 0 Å². The van der Waals surface area contributed by atoms with Crippen molar-refractivity contribution in [3.05, 3.63) is 22.7 Å². The minimum atomic E-state index is 0.808. The Labute approximate surface area is 105 Å². The van der Waals surface area contributed by atoms with E-state index in [1.807, 2.05) is 12.1 Å². The number of rotatable bonds is 2. The zero-order valence-electron chi connectivity index (χ0n) is 9.62. The topological polar surface area (TPSA) is 32.5 Å². The molecule has 0 aromatic heterocycles. The molecule has 0 spiro atoms. The second-order valence-electron chi connectivity index (χ2n) is 4.13. The van der Waals surface area contributed by atoms with Crippen LogP contribution < -0.4 is 10.6 Å². The molecule has 1 aliphatic heterocycles. The molecule has 4 heteroatoms. The Morgan fingerprint density at radius 3 is 2.50 bits per heavy atom. The van der Waals surface area contributed by atoms with E-state index in [4.69, 9.17) is 5.73 Å². The van der Waals surface area contributed by atoms with Crippen LogP contribution in [0.3, 0.4) is 0 Å². The van der Waals surface area contributed by atoms with Crippen molar-refractivity contribution in [2.45, 2.75) is 6.92 Å². The van der Waals surface area contributed by atoms with Crippen LogP contribution in [0.5, 0.6) is 0 Å². The molecule has 0 unspecified atom stereocenters. The number of benzene rings is 1. The first-order valence-electron chi connectivity index (χ1n) is 5.73. The third-order valence-corrected chi connectivity index (χ3v) is 3.77. The highest BCUT2D eigenvalue weighted by atomic mass is 79.9. The molecule has 1 aromatic rings. The van der Waals surface area contributed by atoms with E-state index >= 15 is 0 Å². The van der Waals surface area contributed by atoms with E-state index in [9.17, 15) is 0 Å². The Balaban J connectivity index is 2.08. The standard InChI is InChI=1S/C12H18BrN3/c1-2-15-5-7-16(8-6-15)12-4-3-10(14)9-11(12)13/h3-4,9H,2,5-8,14H2,1H3. The Kier molecular flexibility index (Phi) is 3.71. The van der Waals surface area contributed by atoms with Crippen LogP contribution in [0.25, 0.3) is 0 Å². The summed E-state index contributed by atoms with van der Waals surface area (Å²) in [5.74, 6) is 0. The van der Waals surface area contributed by atoms with Crippen molar-refractivity contribution in [2.75, 3.05) is 43.4 Å². The Morgan fingerprint density at radius 2 is 1.94 bits per heavy atom. The summed E-state index contributed by atoms with van der Waals surface area (Å²) in [6.07, 6.45) is 0. The van der Waals surface area contributed by atoms with E-state index in [1.165, 1.54) is 5.69 Å². The van der Waals surface area contributed by atoms with Crippen LogP contribution in [-0.4, -0.2) is 37.6 Å². The van der Waals surface area contributed by atoms with Crippen LogP contribution in [0, 0.1) is 0 Å². The number of hydrogen-bond acceptors (Lipinski definition) is 3. The van der Waals surface area contributed by atoms with Gasteiger partial charge in [-0.1, -0.05) is 6.92 Å². The quantitative estimate of drug-likeness (QED) is 0.845. The Bertz CT molecular complexity index is 359. The second-order valence-corrected chi connectivity index (χ2v) is 4.99. The largest absolute Gasteiger partial charge is 0.399 e. The highest BCUT2D eigenvalue weighted by Gasteiger charge is 2.17. The monoisotopic (exact) mass is 283 g/mol. The smallest absolute Gasteiger partial charge is 0.0513 e. The minimum absolute atomic E-state index is 0.808. The predicted molar refractivity (Wildman–Crippen MR) is 72.9 cm³/mol. The number of likely N-dealkylation sites (N-methyl/N-ethyl adjacent to an activating group) is 1. The summed E-state index contributed by atoms with van der Waals surface area (Å²) in [4.78, 5) is 4.89. The second kappa shape index (κ2) is 5.06. The van der Waals surface area contributed by atoms with E-state index in [0.29, 0.717) is 0 Å². The van der Waals surface area contributed by atoms with Gasteiger partial charge in [-0.2, -0.15) is 0 Å². The maximum Gasteiger partial charge on any atom is 0.0513 e. The molecule has 2 N–H and O–H groups in total. The molecule has 1 aromatic carbocycles. The van der Waals surface area contributed by atoms with Crippen LogP contribution in [-0.2, 0) is 0 Å². The van der Waals surface area contributed by atoms with E-state index < -0.39 is 0 Å². The molecule has 16 heavy (non-hydrogen) atoms. The molecule has 1 aliphatic rings. The number of halogens is 1. The number of nitrogen functional groups attached to an aromatic ring is 1. The van der Waals surface area contributed by atoms with Gasteiger partial charge in [-0.3, -0.25) is 0 Å². The van der Waals surface area contributed by atoms with Crippen molar-refractivity contribution in [1.82, 2.24) is 4.90 Å². The van der Waals surface area contributed by atoms with Gasteiger partial charge in [0.25, 0.3) is 0 Å². The summed E-state index contributed by atoms with van der Waals surface area (Å²) in [5, 5.41) is 0. The molecule has 0 bridgehead atoms. The zero-order valence-corrected chi connectivity index (χ0v) is 11.2. The summed E-state index contributed by atoms with van der Waals surface area (Å²) >= 11 is 3.58. The van der Waals surface area contributed by atoms with E-state index in [0.717, 1.165) is 42.9 Å². The van der Waals surface area contributed by atoms with Crippen molar-refractivity contribution in [3.8, 4) is 0 Å². The molecule has 88 valence electrons. The Morgan fingerprint density at radius 1 is 1.25 bits per heavy atom. The molecule has 0 radical (unpaired) electrons. The van der Waals surface area contributed by atoms with Crippen LogP contribution in [0.4, 0.5) is 11.4 Å². The van der Waals surface area contributed by atoms with Gasteiger partial charge in [-0.15, -0.1) is 0 Å². The van der Waals surface area contributed by atoms with Crippen LogP contribution in [0.15, 0.2) is 22.7 Å². The zero-order chi connectivity index (χ0) is 11.5. The van der Waals surface area contributed by atoms with Gasteiger partial charge in [0.2, 0.25) is 0 Å². The third-order valence-electron chi connectivity index (χ3n) is 3.13. The van der Waals surface area contributed by atoms with Gasteiger partial charge in [-0.05, 0) is 40.7 Å². The van der Waals surface area contributed by atoms with Crippen LogP contribution >= 0.6 is 15.9 Å². The van der Waals surface area contributed by atoms with Gasteiger partial charge in [0, 0.05) is 36.3 Å². The lowest BCUT2D eigenvalue weighted by atomic mass is 10.2. The molecule has 0 aliphatic carbocycles. The van der Waals surface area contributed by atoms with E-state index in [2.05, 4.69) is 38.7 Å². The lowest BCUT2D eigenvalue weighted by molar-refractivity contribution is 0.271. The first kappa shape index (κ1) is 11.7. The van der Waals surface area contributed by atoms with Gasteiger partial charge < -0.3 is 15.5 Å². The third kappa shape index (κ3) is 2.50. The van der Waals surface area contributed by atoms with Crippen molar-refractivity contribution < 1.29 is 0 Å². The fraction of sp³-hybridized carbons (Fsp3) is 0.500. The predicted octanol–water partition coefficient (Wildman–Crippen LogP) is 2.17. The Hall–Kier alpha value is -0.740. The minimum Gasteiger partial charge on any atom is -0.399 e. The number of nitrogens with zero attached hydrogens (tertiary/aromatic N) is 2. The molecule has 0 saturated carbocycles. The highest BCUT2D eigenvalue weighted by molar-refractivity contribution is 9.10. The number of anilines is 2. The van der Waals surface area contributed by atoms with E-state index in [1.54, 1.807) is 0 Å². The molecule has 2 rings (SSSR count). The highest BCUT2D eigenvalue weighted by Crippen LogP contribution is 2.28. The lowest BCUT2D eigenvalue weighted by Crippen LogP contribution is -2.46. The molecular weight excluding hydrogens is 266 g/mol. The van der Waals surface area contributed by atoms with Crippen molar-refractivity contribution in [1.29, 1.82) is 0 Å². The summed E-state index contributed by atoms with van der Waals surface area (Å²) < 4.78 is 1.09. The first-order valence-corrected chi connectivity index (χ1v) is 6.52. The summed E-state index contributed by atoms with van der Waals surface area (Å²) in [6, 6.07) is 6.04. The summed E-state index contributed by atoms with van der Waals surface area (Å²) in [5.41, 5.74) is 7.81. The summed E-state index contributed by atoms with van der Waals surface area (Å²) in [7, 11) is 0. The van der Waals surface area contributed by atoms with Gasteiger partial charge in [0.05, 0.1) is 5.69 Å². The van der Waals surface area contributed by atoms with Crippen LogP contribution in [0.1, 0.15) is 6.92 Å². The van der Waals surface area contributed by atoms with Crippen LogP contribution in [0.2, 0.25) is 0 Å². The fourth-order valence-electron chi connectivity index (χ4n) is 2.08. The molecule has 1 saturated heterocycles. The molecule has 1 fully saturated rings. The molecule has 3 nitrogen and oxygen atoms in total. The van der Waals surface area contributed by atoms with E-state index in [-0.39, 0.29) is 0 Å². The van der Waals surface area contributed by atoms with Gasteiger partial charge in [0.15, 0.2) is 0 Å². The average molecular weight is 284 g/mol. The van der Waals surface area contributed by atoms with Crippen molar-refractivity contribution in [3.63, 3.8) is 0 Å². The van der Waals surface area contributed by atoms with Crippen molar-refractivity contribution >= 4 is 27.3 Å². The van der Waals surface area contributed by atoms with Gasteiger partial charge in [-0.25, -0.2) is 0 Å². The SMILES string of the molecule is CCN1CCN(c2ccc(N)cc2Br)CC1. The number of hydrogen-bond donors (Lipinski definition) is 1.